The lowest BCUT2D eigenvalue weighted by molar-refractivity contribution is -0.149. The number of rotatable bonds is 0. The normalized spacial score (nSPS) is 56.9. The zero-order chi connectivity index (χ0) is 17.4. The molecule has 5 aliphatic carbocycles. The van der Waals surface area contributed by atoms with Crippen LogP contribution in [0.3, 0.4) is 0 Å². The lowest BCUT2D eigenvalue weighted by Gasteiger charge is -2.45. The quantitative estimate of drug-likeness (QED) is 0.495. The van der Waals surface area contributed by atoms with E-state index in [4.69, 9.17) is 69.6 Å². The molecule has 4 fully saturated rings. The average molecular weight is 449 g/mol. The molecule has 0 saturated heterocycles. The number of hydrogen-bond acceptors (Lipinski definition) is 2. The Morgan fingerprint density at radius 3 is 1.50 bits per heavy atom. The Morgan fingerprint density at radius 1 is 0.750 bits per heavy atom. The summed E-state index contributed by atoms with van der Waals surface area (Å²) in [7, 11) is 0. The second-order valence-corrected chi connectivity index (χ2v) is 11.0. The van der Waals surface area contributed by atoms with E-state index >= 15 is 0 Å². The van der Waals surface area contributed by atoms with Crippen molar-refractivity contribution in [3.05, 3.63) is 10.1 Å². The second-order valence-electron chi connectivity index (χ2n) is 7.77. The first-order chi connectivity index (χ1) is 11.1. The van der Waals surface area contributed by atoms with Crippen molar-refractivity contribution in [3.63, 3.8) is 0 Å². The molecule has 0 heterocycles. The molecule has 0 radical (unpaired) electrons. The van der Waals surface area contributed by atoms with Crippen molar-refractivity contribution < 1.29 is 9.59 Å². The molecule has 0 N–H and O–H groups in total. The third kappa shape index (κ3) is 1.41. The molecule has 8 atom stereocenters. The number of halogens is 6. The van der Waals surface area contributed by atoms with E-state index in [1.165, 1.54) is 0 Å². The fourth-order valence-corrected chi connectivity index (χ4v) is 9.19. The Labute approximate surface area is 169 Å². The fraction of sp³-hybridized carbons (Fsp3) is 0.750. The van der Waals surface area contributed by atoms with Crippen LogP contribution in [0.2, 0.25) is 0 Å². The molecule has 8 unspecified atom stereocenters. The molecule has 130 valence electrons. The van der Waals surface area contributed by atoms with E-state index in [1.54, 1.807) is 0 Å². The Hall–Kier alpha value is 0.820. The van der Waals surface area contributed by atoms with E-state index in [-0.39, 0.29) is 45.3 Å². The molecule has 0 aromatic carbocycles. The number of ketones is 2. The molecule has 0 aromatic rings. The van der Waals surface area contributed by atoms with Crippen LogP contribution in [0, 0.1) is 35.5 Å². The summed E-state index contributed by atoms with van der Waals surface area (Å²) in [6.07, 6.45) is 2.86. The van der Waals surface area contributed by atoms with Gasteiger partial charge in [-0.2, -0.15) is 0 Å². The van der Waals surface area contributed by atoms with Gasteiger partial charge in [0.05, 0.1) is 21.9 Å². The molecule has 8 heteroatoms. The van der Waals surface area contributed by atoms with E-state index < -0.39 is 25.9 Å². The van der Waals surface area contributed by atoms with Gasteiger partial charge in [0.1, 0.15) is 21.3 Å². The summed E-state index contributed by atoms with van der Waals surface area (Å²) in [5.74, 6) is -2.11. The molecule has 4 bridgehead atoms. The summed E-state index contributed by atoms with van der Waals surface area (Å²) in [5, 5.41) is -0.00956. The maximum absolute atomic E-state index is 13.4. The Balaban J connectivity index is 1.76. The van der Waals surface area contributed by atoms with E-state index in [1.807, 2.05) is 0 Å². The van der Waals surface area contributed by atoms with Crippen LogP contribution in [0.4, 0.5) is 0 Å². The molecule has 0 amide bonds. The molecule has 0 aliphatic heterocycles. The number of Topliss-reactive ketones (excluding diaryl/α,β-unsaturated/α-hetero) is 2. The maximum Gasteiger partial charge on any atom is 0.167 e. The number of carbonyl (C=O) groups excluding carboxylic acids is 2. The van der Waals surface area contributed by atoms with Crippen molar-refractivity contribution in [2.75, 3.05) is 0 Å². The van der Waals surface area contributed by atoms with Crippen LogP contribution < -0.4 is 0 Å². The van der Waals surface area contributed by atoms with Crippen molar-refractivity contribution in [2.24, 2.45) is 35.5 Å². The third-order valence-electron chi connectivity index (χ3n) is 7.12. The molecule has 0 aromatic heterocycles. The topological polar surface area (TPSA) is 34.1 Å². The number of allylic oxidation sites excluding steroid dienone is 2. The number of hydrogen-bond donors (Lipinski definition) is 0. The van der Waals surface area contributed by atoms with Gasteiger partial charge in [-0.1, -0.05) is 46.4 Å². The zero-order valence-corrected chi connectivity index (χ0v) is 16.7. The smallest absolute Gasteiger partial charge is 0.167 e. The molecule has 2 nitrogen and oxygen atoms in total. The number of alkyl halides is 4. The standard InChI is InChI=1S/C16H12Cl6O2/c17-12-13(18)15(20)9-8(14(12,19)16(15,21)22)10(23)6-4-1-2-5(3-4)7(6)11(9)24/h4-9H,1-3H2. The van der Waals surface area contributed by atoms with Gasteiger partial charge in [-0.05, 0) is 31.1 Å². The van der Waals surface area contributed by atoms with Crippen molar-refractivity contribution >= 4 is 81.2 Å². The van der Waals surface area contributed by atoms with E-state index in [0.717, 1.165) is 19.3 Å². The van der Waals surface area contributed by atoms with Crippen LogP contribution in [-0.2, 0) is 9.59 Å². The van der Waals surface area contributed by atoms with Crippen LogP contribution in [-0.4, -0.2) is 25.6 Å². The predicted molar refractivity (Wildman–Crippen MR) is 95.1 cm³/mol. The molecule has 5 aliphatic rings. The summed E-state index contributed by atoms with van der Waals surface area (Å²) in [5.41, 5.74) is 0. The van der Waals surface area contributed by atoms with Crippen LogP contribution >= 0.6 is 69.6 Å². The van der Waals surface area contributed by atoms with Gasteiger partial charge < -0.3 is 0 Å². The summed E-state index contributed by atoms with van der Waals surface area (Å²) in [6, 6.07) is 0. The highest BCUT2D eigenvalue weighted by atomic mass is 35.5. The van der Waals surface area contributed by atoms with Gasteiger partial charge in [0.2, 0.25) is 0 Å². The molecule has 5 rings (SSSR count). The number of fused-ring (bicyclic) bond motifs is 10. The lowest BCUT2D eigenvalue weighted by Crippen LogP contribution is -2.56. The van der Waals surface area contributed by atoms with Crippen LogP contribution in [0.25, 0.3) is 0 Å². The van der Waals surface area contributed by atoms with Gasteiger partial charge in [-0.3, -0.25) is 9.59 Å². The SMILES string of the molecule is O=C1C2C3CCC(C3)C2C(=O)C2C1C1(Cl)C(Cl)=C(Cl)C2(Cl)C1(Cl)Cl. The Kier molecular flexibility index (Phi) is 3.26. The first-order valence-corrected chi connectivity index (χ1v) is 10.3. The third-order valence-corrected chi connectivity index (χ3v) is 11.4. The van der Waals surface area contributed by atoms with E-state index in [9.17, 15) is 9.59 Å². The summed E-state index contributed by atoms with van der Waals surface area (Å²) in [6.45, 7) is 0. The number of carbonyl (C=O) groups is 2. The Bertz CT molecular complexity index is 689. The van der Waals surface area contributed by atoms with Crippen LogP contribution in [0.15, 0.2) is 10.1 Å². The monoisotopic (exact) mass is 446 g/mol. The molecular weight excluding hydrogens is 437 g/mol. The van der Waals surface area contributed by atoms with E-state index in [2.05, 4.69) is 0 Å². The summed E-state index contributed by atoms with van der Waals surface area (Å²) in [4.78, 5) is 23.4. The van der Waals surface area contributed by atoms with Gasteiger partial charge in [0, 0.05) is 11.8 Å². The summed E-state index contributed by atoms with van der Waals surface area (Å²) < 4.78 is -1.82. The van der Waals surface area contributed by atoms with Crippen LogP contribution in [0.5, 0.6) is 0 Å². The molecule has 4 saturated carbocycles. The minimum Gasteiger partial charge on any atom is -0.299 e. The largest absolute Gasteiger partial charge is 0.299 e. The maximum atomic E-state index is 13.4. The molecule has 24 heavy (non-hydrogen) atoms. The minimum absolute atomic E-state index is 0.00478. The lowest BCUT2D eigenvalue weighted by atomic mass is 9.59. The minimum atomic E-state index is -1.82. The zero-order valence-electron chi connectivity index (χ0n) is 12.2. The van der Waals surface area contributed by atoms with Crippen molar-refractivity contribution in [1.29, 1.82) is 0 Å². The highest BCUT2D eigenvalue weighted by Gasteiger charge is 2.87. The van der Waals surface area contributed by atoms with Gasteiger partial charge >= 0.3 is 0 Å². The molecule has 0 spiro atoms. The van der Waals surface area contributed by atoms with Crippen molar-refractivity contribution in [2.45, 2.75) is 33.3 Å². The summed E-state index contributed by atoms with van der Waals surface area (Å²) >= 11 is 39.2. The fourth-order valence-electron chi connectivity index (χ4n) is 6.23. The Morgan fingerprint density at radius 2 is 1.12 bits per heavy atom. The van der Waals surface area contributed by atoms with Crippen molar-refractivity contribution in [3.8, 4) is 0 Å². The second kappa shape index (κ2) is 4.62. The van der Waals surface area contributed by atoms with Crippen LogP contribution in [0.1, 0.15) is 19.3 Å². The molecular formula is C16H12Cl6O2. The van der Waals surface area contributed by atoms with Crippen molar-refractivity contribution in [1.82, 2.24) is 0 Å². The van der Waals surface area contributed by atoms with Gasteiger partial charge in [0.15, 0.2) is 4.33 Å². The highest BCUT2D eigenvalue weighted by molar-refractivity contribution is 6.66. The highest BCUT2D eigenvalue weighted by Crippen LogP contribution is 2.78. The van der Waals surface area contributed by atoms with Gasteiger partial charge in [-0.15, -0.1) is 23.2 Å². The first-order valence-electron chi connectivity index (χ1n) is 7.99. The van der Waals surface area contributed by atoms with Gasteiger partial charge in [-0.25, -0.2) is 0 Å². The van der Waals surface area contributed by atoms with Gasteiger partial charge in [0.25, 0.3) is 0 Å². The first kappa shape index (κ1) is 17.0. The average Bonchev–Trinajstić information content (AvgIpc) is 3.19. The van der Waals surface area contributed by atoms with E-state index in [0.29, 0.717) is 0 Å². The predicted octanol–water partition coefficient (Wildman–Crippen LogP) is 4.88.